The highest BCUT2D eigenvalue weighted by atomic mass is 16.2. The molecule has 0 saturated heterocycles. The van der Waals surface area contributed by atoms with E-state index in [1.807, 2.05) is 6.07 Å². The van der Waals surface area contributed by atoms with E-state index in [9.17, 15) is 9.59 Å². The molecule has 1 atom stereocenters. The summed E-state index contributed by atoms with van der Waals surface area (Å²) >= 11 is 0. The first-order valence-electron chi connectivity index (χ1n) is 9.57. The molecule has 1 aliphatic carbocycles. The molecule has 0 bridgehead atoms. The van der Waals surface area contributed by atoms with Crippen molar-refractivity contribution in [3.63, 3.8) is 0 Å². The van der Waals surface area contributed by atoms with E-state index in [2.05, 4.69) is 41.9 Å². The van der Waals surface area contributed by atoms with E-state index >= 15 is 0 Å². The number of anilines is 1. The molecular weight excluding hydrogens is 328 g/mol. The molecule has 0 radical (unpaired) electrons. The molecule has 5 N–H and O–H groups in total. The van der Waals surface area contributed by atoms with Crippen molar-refractivity contribution < 1.29 is 9.59 Å². The van der Waals surface area contributed by atoms with Crippen LogP contribution >= 0.6 is 0 Å². The van der Waals surface area contributed by atoms with Crippen molar-refractivity contribution in [2.45, 2.75) is 70.0 Å². The van der Waals surface area contributed by atoms with Gasteiger partial charge in [0.25, 0.3) is 0 Å². The summed E-state index contributed by atoms with van der Waals surface area (Å²) in [6, 6.07) is 6.17. The van der Waals surface area contributed by atoms with Crippen LogP contribution in [0.5, 0.6) is 0 Å². The average molecular weight is 358 g/mol. The molecule has 0 aromatic heterocycles. The van der Waals surface area contributed by atoms with Crippen molar-refractivity contribution in [2.75, 3.05) is 11.9 Å². The van der Waals surface area contributed by atoms with Gasteiger partial charge < -0.3 is 21.7 Å². The molecule has 0 spiro atoms. The van der Waals surface area contributed by atoms with Crippen molar-refractivity contribution in [3.05, 3.63) is 29.3 Å². The number of hydrogen-bond acceptors (Lipinski definition) is 4. The maximum absolute atomic E-state index is 12.7. The predicted octanol–water partition coefficient (Wildman–Crippen LogP) is 1.61. The number of aryl methyl sites for hydroxylation is 1. The number of rotatable bonds is 5. The van der Waals surface area contributed by atoms with E-state index < -0.39 is 0 Å². The highest BCUT2D eigenvalue weighted by Gasteiger charge is 2.34. The minimum atomic E-state index is -0.191. The second-order valence-corrected chi connectivity index (χ2v) is 7.94. The van der Waals surface area contributed by atoms with Gasteiger partial charge in [-0.15, -0.1) is 0 Å². The van der Waals surface area contributed by atoms with Crippen LogP contribution in [0.2, 0.25) is 0 Å². The number of carbonyl (C=O) groups excluding carboxylic acids is 2. The van der Waals surface area contributed by atoms with Crippen LogP contribution in [0, 0.1) is 6.92 Å². The molecule has 142 valence electrons. The third-order valence-corrected chi connectivity index (χ3v) is 5.67. The highest BCUT2D eigenvalue weighted by molar-refractivity contribution is 5.88. The van der Waals surface area contributed by atoms with E-state index in [1.54, 1.807) is 0 Å². The molecule has 1 aromatic carbocycles. The fourth-order valence-corrected chi connectivity index (χ4v) is 4.06. The van der Waals surface area contributed by atoms with Crippen LogP contribution in [0.15, 0.2) is 18.2 Å². The van der Waals surface area contributed by atoms with Gasteiger partial charge >= 0.3 is 0 Å². The quantitative estimate of drug-likeness (QED) is 0.643. The summed E-state index contributed by atoms with van der Waals surface area (Å²) in [6.45, 7) is 4.52. The maximum Gasteiger partial charge on any atom is 0.243 e. The van der Waals surface area contributed by atoms with Gasteiger partial charge in [-0.2, -0.15) is 0 Å². The topological polar surface area (TPSA) is 96.2 Å². The predicted molar refractivity (Wildman–Crippen MR) is 103 cm³/mol. The Hall–Kier alpha value is -2.08. The largest absolute Gasteiger partial charge is 0.373 e. The summed E-state index contributed by atoms with van der Waals surface area (Å²) in [5, 5.41) is 9.66. The normalized spacial score (nSPS) is 27.3. The number of nitrogens with two attached hydrogens (primary N) is 1. The molecule has 2 aliphatic rings. The summed E-state index contributed by atoms with van der Waals surface area (Å²) in [7, 11) is 0. The summed E-state index contributed by atoms with van der Waals surface area (Å²) < 4.78 is 0. The van der Waals surface area contributed by atoms with Gasteiger partial charge in [0.1, 0.15) is 6.04 Å². The highest BCUT2D eigenvalue weighted by Crippen LogP contribution is 2.31. The van der Waals surface area contributed by atoms with Crippen molar-refractivity contribution in [1.82, 2.24) is 10.6 Å². The Morgan fingerprint density at radius 2 is 2.04 bits per heavy atom. The minimum Gasteiger partial charge on any atom is -0.373 e. The average Bonchev–Trinajstić information content (AvgIpc) is 3.03. The molecule has 1 saturated carbocycles. The zero-order valence-electron chi connectivity index (χ0n) is 15.7. The number of amides is 2. The standard InChI is InChI=1S/C20H30N4O2/c1-13-4-3-5-14-12-16(23-18(13)14)19(26)22-15-6-9-20(2,10-7-15)24-17(25)8-11-21/h3-5,15-16,23H,6-12,21H2,1-2H3,(H,22,26)(H,24,25). The second kappa shape index (κ2) is 7.66. The summed E-state index contributed by atoms with van der Waals surface area (Å²) in [5.74, 6) is 0.0853. The summed E-state index contributed by atoms with van der Waals surface area (Å²) in [5.41, 5.74) is 8.75. The Balaban J connectivity index is 1.49. The van der Waals surface area contributed by atoms with Crippen LogP contribution in [0.3, 0.4) is 0 Å². The lowest BCUT2D eigenvalue weighted by Gasteiger charge is -2.38. The van der Waals surface area contributed by atoms with Crippen LogP contribution in [0.1, 0.15) is 50.2 Å². The first kappa shape index (κ1) is 18.7. The molecule has 26 heavy (non-hydrogen) atoms. The van der Waals surface area contributed by atoms with Crippen LogP contribution in [-0.2, 0) is 16.0 Å². The van der Waals surface area contributed by atoms with Crippen LogP contribution in [-0.4, -0.2) is 36.0 Å². The lowest BCUT2D eigenvalue weighted by molar-refractivity contribution is -0.124. The number of para-hydroxylation sites is 1. The van der Waals surface area contributed by atoms with Gasteiger partial charge in [-0.1, -0.05) is 18.2 Å². The van der Waals surface area contributed by atoms with E-state index in [-0.39, 0.29) is 29.4 Å². The van der Waals surface area contributed by atoms with Crippen LogP contribution < -0.4 is 21.7 Å². The number of fused-ring (bicyclic) bond motifs is 1. The molecule has 1 unspecified atom stereocenters. The number of hydrogen-bond donors (Lipinski definition) is 4. The van der Waals surface area contributed by atoms with Crippen molar-refractivity contribution in [2.24, 2.45) is 5.73 Å². The molecule has 1 aliphatic heterocycles. The second-order valence-electron chi connectivity index (χ2n) is 7.94. The van der Waals surface area contributed by atoms with Crippen LogP contribution in [0.25, 0.3) is 0 Å². The van der Waals surface area contributed by atoms with Crippen LogP contribution in [0.4, 0.5) is 5.69 Å². The maximum atomic E-state index is 12.7. The fraction of sp³-hybridized carbons (Fsp3) is 0.600. The van der Waals surface area contributed by atoms with Gasteiger partial charge in [-0.3, -0.25) is 9.59 Å². The van der Waals surface area contributed by atoms with E-state index in [0.29, 0.717) is 13.0 Å². The molecule has 1 aromatic rings. The van der Waals surface area contributed by atoms with Crippen molar-refractivity contribution in [1.29, 1.82) is 0 Å². The SMILES string of the molecule is Cc1cccc2c1NC(C(=O)NC1CCC(C)(NC(=O)CCN)CC1)C2. The number of nitrogens with one attached hydrogen (secondary N) is 3. The Morgan fingerprint density at radius 3 is 2.69 bits per heavy atom. The Labute approximate surface area is 155 Å². The van der Waals surface area contributed by atoms with Gasteiger partial charge in [-0.05, 0) is 50.7 Å². The van der Waals surface area contributed by atoms with Gasteiger partial charge in [0.15, 0.2) is 0 Å². The summed E-state index contributed by atoms with van der Waals surface area (Å²) in [6.07, 6.45) is 4.59. The first-order valence-corrected chi connectivity index (χ1v) is 9.57. The van der Waals surface area contributed by atoms with E-state index in [4.69, 9.17) is 5.73 Å². The molecule has 1 heterocycles. The Kier molecular flexibility index (Phi) is 5.51. The Morgan fingerprint density at radius 1 is 1.31 bits per heavy atom. The molecule has 6 heteroatoms. The molecule has 3 rings (SSSR count). The molecular formula is C20H30N4O2. The lowest BCUT2D eigenvalue weighted by atomic mass is 9.80. The third kappa shape index (κ3) is 4.18. The van der Waals surface area contributed by atoms with Gasteiger partial charge in [0.2, 0.25) is 11.8 Å². The zero-order chi connectivity index (χ0) is 18.7. The monoisotopic (exact) mass is 358 g/mol. The minimum absolute atomic E-state index is 0.0146. The zero-order valence-corrected chi connectivity index (χ0v) is 15.7. The van der Waals surface area contributed by atoms with E-state index in [0.717, 1.165) is 37.8 Å². The number of benzene rings is 1. The summed E-state index contributed by atoms with van der Waals surface area (Å²) in [4.78, 5) is 24.5. The van der Waals surface area contributed by atoms with E-state index in [1.165, 1.54) is 11.1 Å². The van der Waals surface area contributed by atoms with Gasteiger partial charge in [0, 0.05) is 36.7 Å². The van der Waals surface area contributed by atoms with Crippen molar-refractivity contribution >= 4 is 17.5 Å². The number of carbonyl (C=O) groups is 2. The van der Waals surface area contributed by atoms with Crippen molar-refractivity contribution in [3.8, 4) is 0 Å². The molecule has 1 fully saturated rings. The van der Waals surface area contributed by atoms with Gasteiger partial charge in [0.05, 0.1) is 0 Å². The molecule has 6 nitrogen and oxygen atoms in total. The van der Waals surface area contributed by atoms with Gasteiger partial charge in [-0.25, -0.2) is 0 Å². The first-order chi connectivity index (χ1) is 12.4. The molecule has 2 amide bonds. The third-order valence-electron chi connectivity index (χ3n) is 5.67. The lowest BCUT2D eigenvalue weighted by Crippen LogP contribution is -2.53. The smallest absolute Gasteiger partial charge is 0.243 e. The Bertz CT molecular complexity index is 680. The fourth-order valence-electron chi connectivity index (χ4n) is 4.06.